The molecule has 0 radical (unpaired) electrons. The molecule has 2 aromatic heterocycles. The molecule has 1 N–H and O–H groups in total. The quantitative estimate of drug-likeness (QED) is 0.797. The zero-order chi connectivity index (χ0) is 16.5. The molecule has 1 aromatic carbocycles. The summed E-state index contributed by atoms with van der Waals surface area (Å²) in [6.45, 7) is 4.08. The summed E-state index contributed by atoms with van der Waals surface area (Å²) in [4.78, 5) is 8.95. The van der Waals surface area contributed by atoms with Crippen LogP contribution in [0.4, 0.5) is 5.69 Å². The number of fused-ring (bicyclic) bond motifs is 1. The summed E-state index contributed by atoms with van der Waals surface area (Å²) >= 11 is 0. The molecule has 1 aliphatic rings. The molecule has 3 aromatic rings. The van der Waals surface area contributed by atoms with Crippen molar-refractivity contribution in [2.24, 2.45) is 12.0 Å². The Hall–Kier alpha value is -3.21. The Labute approximate surface area is 140 Å². The molecule has 0 bridgehead atoms. The van der Waals surface area contributed by atoms with E-state index < -0.39 is 0 Å². The van der Waals surface area contributed by atoms with E-state index in [1.807, 2.05) is 37.6 Å². The summed E-state index contributed by atoms with van der Waals surface area (Å²) in [6, 6.07) is 10.2. The maximum atomic E-state index is 4.58. The van der Waals surface area contributed by atoms with E-state index in [1.54, 1.807) is 10.9 Å². The van der Waals surface area contributed by atoms with Gasteiger partial charge < -0.3 is 5.32 Å². The molecule has 5 nitrogen and oxygen atoms in total. The molecule has 4 rings (SSSR count). The van der Waals surface area contributed by atoms with E-state index in [1.165, 1.54) is 0 Å². The molecular weight excluding hydrogens is 298 g/mol. The summed E-state index contributed by atoms with van der Waals surface area (Å²) in [6.07, 6.45) is 8.41. The van der Waals surface area contributed by atoms with Gasteiger partial charge in [0.2, 0.25) is 0 Å². The zero-order valence-electron chi connectivity index (χ0n) is 13.4. The topological polar surface area (TPSA) is 55.1 Å². The first kappa shape index (κ1) is 14.4. The number of aromatic nitrogens is 3. The second-order valence-corrected chi connectivity index (χ2v) is 5.74. The molecule has 24 heavy (non-hydrogen) atoms. The van der Waals surface area contributed by atoms with Crippen LogP contribution in [0.3, 0.4) is 0 Å². The lowest BCUT2D eigenvalue weighted by Gasteiger charge is -2.11. The van der Waals surface area contributed by atoms with E-state index in [9.17, 15) is 0 Å². The van der Waals surface area contributed by atoms with Gasteiger partial charge in [0.25, 0.3) is 0 Å². The van der Waals surface area contributed by atoms with Crippen molar-refractivity contribution in [3.63, 3.8) is 0 Å². The predicted molar refractivity (Wildman–Crippen MR) is 97.9 cm³/mol. The van der Waals surface area contributed by atoms with Gasteiger partial charge in [-0.25, -0.2) is 0 Å². The van der Waals surface area contributed by atoms with Gasteiger partial charge in [-0.3, -0.25) is 14.7 Å². The first-order chi connectivity index (χ1) is 11.7. The lowest BCUT2D eigenvalue weighted by Crippen LogP contribution is -2.03. The van der Waals surface area contributed by atoms with Crippen LogP contribution in [0.2, 0.25) is 0 Å². The molecular formula is C19H17N5. The second-order valence-electron chi connectivity index (χ2n) is 5.74. The van der Waals surface area contributed by atoms with Crippen LogP contribution in [0.5, 0.6) is 0 Å². The standard InChI is InChI=1S/C19H17N5/c1-13(19-7-9-22-24(19)2)23-16-6-5-14-10-15(12-21-18(14)11-16)17-4-3-8-20-17/h3,5-12,23H,1,4H2,2H3. The Bertz CT molecular complexity index is 994. The van der Waals surface area contributed by atoms with Gasteiger partial charge in [-0.2, -0.15) is 5.10 Å². The summed E-state index contributed by atoms with van der Waals surface area (Å²) < 4.78 is 1.79. The van der Waals surface area contributed by atoms with Gasteiger partial charge in [-0.05, 0) is 24.3 Å². The first-order valence-corrected chi connectivity index (χ1v) is 7.77. The van der Waals surface area contributed by atoms with Crippen molar-refractivity contribution in [1.29, 1.82) is 0 Å². The van der Waals surface area contributed by atoms with Gasteiger partial charge >= 0.3 is 0 Å². The summed E-state index contributed by atoms with van der Waals surface area (Å²) in [5, 5.41) is 8.58. The number of nitrogens with zero attached hydrogens (tertiary/aromatic N) is 4. The third-order valence-electron chi connectivity index (χ3n) is 4.09. The van der Waals surface area contributed by atoms with Crippen molar-refractivity contribution in [2.75, 3.05) is 5.32 Å². The fourth-order valence-electron chi connectivity index (χ4n) is 2.82. The molecule has 1 aliphatic heterocycles. The Morgan fingerprint density at radius 3 is 2.92 bits per heavy atom. The number of aryl methyl sites for hydroxylation is 1. The van der Waals surface area contributed by atoms with Crippen LogP contribution in [-0.2, 0) is 7.05 Å². The molecule has 0 aliphatic carbocycles. The number of aliphatic imine (C=N–C) groups is 1. The highest BCUT2D eigenvalue weighted by molar-refractivity contribution is 6.04. The van der Waals surface area contributed by atoms with Gasteiger partial charge in [0.1, 0.15) is 0 Å². The van der Waals surface area contributed by atoms with Crippen LogP contribution >= 0.6 is 0 Å². The highest BCUT2D eigenvalue weighted by Gasteiger charge is 2.08. The number of pyridine rings is 1. The van der Waals surface area contributed by atoms with Gasteiger partial charge in [-0.15, -0.1) is 0 Å². The van der Waals surface area contributed by atoms with Crippen LogP contribution in [-0.4, -0.2) is 20.5 Å². The van der Waals surface area contributed by atoms with Crippen LogP contribution in [0.1, 0.15) is 17.7 Å². The van der Waals surface area contributed by atoms with Crippen molar-refractivity contribution >= 4 is 28.0 Å². The molecule has 0 saturated heterocycles. The molecule has 5 heteroatoms. The normalized spacial score (nSPS) is 13.3. The molecule has 118 valence electrons. The van der Waals surface area contributed by atoms with E-state index >= 15 is 0 Å². The Balaban J connectivity index is 1.60. The largest absolute Gasteiger partial charge is 0.354 e. The number of allylic oxidation sites excluding steroid dienone is 1. The summed E-state index contributed by atoms with van der Waals surface area (Å²) in [5.41, 5.74) is 5.79. The fraction of sp³-hybridized carbons (Fsp3) is 0.105. The smallest absolute Gasteiger partial charge is 0.0835 e. The highest BCUT2D eigenvalue weighted by atomic mass is 15.3. The number of nitrogens with one attached hydrogen (secondary N) is 1. The molecule has 0 unspecified atom stereocenters. The van der Waals surface area contributed by atoms with Gasteiger partial charge in [-0.1, -0.05) is 18.7 Å². The van der Waals surface area contributed by atoms with Crippen molar-refractivity contribution in [1.82, 2.24) is 14.8 Å². The van der Waals surface area contributed by atoms with E-state index in [0.717, 1.165) is 45.7 Å². The second kappa shape index (κ2) is 5.77. The maximum absolute atomic E-state index is 4.58. The SMILES string of the molecule is C=C(Nc1ccc2cc(C3=NC=CC3)cnc2c1)c1ccnn1C. The average molecular weight is 315 g/mol. The monoisotopic (exact) mass is 315 g/mol. The Morgan fingerprint density at radius 2 is 2.17 bits per heavy atom. The number of benzene rings is 1. The van der Waals surface area contributed by atoms with E-state index in [-0.39, 0.29) is 0 Å². The minimum Gasteiger partial charge on any atom is -0.354 e. The maximum Gasteiger partial charge on any atom is 0.0835 e. The summed E-state index contributed by atoms with van der Waals surface area (Å²) in [5.74, 6) is 0. The Morgan fingerprint density at radius 1 is 1.25 bits per heavy atom. The number of hydrogen-bond donors (Lipinski definition) is 1. The predicted octanol–water partition coefficient (Wildman–Crippen LogP) is 3.76. The van der Waals surface area contributed by atoms with E-state index in [2.05, 4.69) is 45.2 Å². The van der Waals surface area contributed by atoms with Crippen LogP contribution in [0, 0.1) is 0 Å². The third kappa shape index (κ3) is 2.60. The number of rotatable bonds is 4. The van der Waals surface area contributed by atoms with E-state index in [4.69, 9.17) is 0 Å². The van der Waals surface area contributed by atoms with Crippen LogP contribution < -0.4 is 5.32 Å². The van der Waals surface area contributed by atoms with Crippen LogP contribution in [0.15, 0.2) is 66.6 Å². The zero-order valence-corrected chi connectivity index (χ0v) is 13.4. The fourth-order valence-corrected chi connectivity index (χ4v) is 2.82. The van der Waals surface area contributed by atoms with Gasteiger partial charge in [0.15, 0.2) is 0 Å². The lowest BCUT2D eigenvalue weighted by atomic mass is 10.1. The van der Waals surface area contributed by atoms with Gasteiger partial charge in [0.05, 0.1) is 22.6 Å². The van der Waals surface area contributed by atoms with Crippen LogP contribution in [0.25, 0.3) is 16.6 Å². The first-order valence-electron chi connectivity index (χ1n) is 7.77. The lowest BCUT2D eigenvalue weighted by molar-refractivity contribution is 0.756. The number of hydrogen-bond acceptors (Lipinski definition) is 4. The van der Waals surface area contributed by atoms with Crippen molar-refractivity contribution in [2.45, 2.75) is 6.42 Å². The molecule has 3 heterocycles. The number of anilines is 1. The molecule has 0 fully saturated rings. The summed E-state index contributed by atoms with van der Waals surface area (Å²) in [7, 11) is 1.90. The van der Waals surface area contributed by atoms with Crippen molar-refractivity contribution < 1.29 is 0 Å². The van der Waals surface area contributed by atoms with Gasteiger partial charge in [0, 0.05) is 48.7 Å². The van der Waals surface area contributed by atoms with Crippen molar-refractivity contribution in [3.05, 3.63) is 72.8 Å². The Kier molecular flexibility index (Phi) is 3.46. The van der Waals surface area contributed by atoms with E-state index in [0.29, 0.717) is 0 Å². The minimum atomic E-state index is 0.803. The third-order valence-corrected chi connectivity index (χ3v) is 4.09. The highest BCUT2D eigenvalue weighted by Crippen LogP contribution is 2.23. The molecule has 0 atom stereocenters. The molecule has 0 saturated carbocycles. The molecule has 0 amide bonds. The molecule has 0 spiro atoms. The average Bonchev–Trinajstić information content (AvgIpc) is 3.26. The van der Waals surface area contributed by atoms with Crippen molar-refractivity contribution in [3.8, 4) is 0 Å². The minimum absolute atomic E-state index is 0.803.